The summed E-state index contributed by atoms with van der Waals surface area (Å²) >= 11 is 0. The average Bonchev–Trinajstić information content (AvgIpc) is 2.49. The van der Waals surface area contributed by atoms with Crippen LogP contribution in [0.25, 0.3) is 5.57 Å². The smallest absolute Gasteiger partial charge is 0.373 e. The molecule has 2 rings (SSSR count). The van der Waals surface area contributed by atoms with Gasteiger partial charge in [0.15, 0.2) is 11.6 Å². The van der Waals surface area contributed by atoms with Gasteiger partial charge in [-0.3, -0.25) is 0 Å². The van der Waals surface area contributed by atoms with Gasteiger partial charge in [-0.1, -0.05) is 0 Å². The van der Waals surface area contributed by atoms with E-state index in [1.165, 1.54) is 20.3 Å². The zero-order chi connectivity index (χ0) is 15.6. The van der Waals surface area contributed by atoms with E-state index in [2.05, 4.69) is 4.74 Å². The minimum atomic E-state index is -1.09. The summed E-state index contributed by atoms with van der Waals surface area (Å²) in [5.41, 5.74) is 0.749. The Bertz CT molecular complexity index is 596. The quantitative estimate of drug-likeness (QED) is 0.805. The van der Waals surface area contributed by atoms with E-state index < -0.39 is 17.6 Å². The number of halogens is 2. The standard InChI is InChI=1S/C15H16F2O4/c1-8-4-5-10(14(21-8)15(18)20-3)9-6-7-11(16)12(17)13(9)19-2/h6-8H,4-5H2,1-3H3. The molecule has 1 unspecified atom stereocenters. The number of rotatable bonds is 3. The van der Waals surface area contributed by atoms with Crippen LogP contribution in [0.4, 0.5) is 8.78 Å². The molecule has 0 aliphatic carbocycles. The third kappa shape index (κ3) is 2.84. The van der Waals surface area contributed by atoms with Crippen molar-refractivity contribution in [1.29, 1.82) is 0 Å². The molecule has 0 amide bonds. The SMILES string of the molecule is COC(=O)C1=C(c2ccc(F)c(F)c2OC)CCC(C)O1. The fourth-order valence-corrected chi connectivity index (χ4v) is 2.28. The number of ether oxygens (including phenoxy) is 3. The van der Waals surface area contributed by atoms with Gasteiger partial charge in [0, 0.05) is 11.1 Å². The topological polar surface area (TPSA) is 44.8 Å². The molecular formula is C15H16F2O4. The third-order valence-corrected chi connectivity index (χ3v) is 3.34. The predicted octanol–water partition coefficient (Wildman–Crippen LogP) is 3.06. The second kappa shape index (κ2) is 6.11. The van der Waals surface area contributed by atoms with Crippen molar-refractivity contribution in [3.63, 3.8) is 0 Å². The molecule has 1 heterocycles. The van der Waals surface area contributed by atoms with Gasteiger partial charge in [0.1, 0.15) is 0 Å². The first kappa shape index (κ1) is 15.3. The van der Waals surface area contributed by atoms with Gasteiger partial charge in [0.05, 0.1) is 20.3 Å². The average molecular weight is 298 g/mol. The molecule has 1 aliphatic rings. The molecule has 1 aliphatic heterocycles. The molecule has 0 radical (unpaired) electrons. The van der Waals surface area contributed by atoms with Gasteiger partial charge in [-0.25, -0.2) is 9.18 Å². The molecule has 0 spiro atoms. The Labute approximate surface area is 121 Å². The normalized spacial score (nSPS) is 18.2. The Morgan fingerprint density at radius 3 is 2.67 bits per heavy atom. The van der Waals surface area contributed by atoms with E-state index in [-0.39, 0.29) is 17.6 Å². The fourth-order valence-electron chi connectivity index (χ4n) is 2.28. The first-order chi connectivity index (χ1) is 9.99. The highest BCUT2D eigenvalue weighted by Gasteiger charge is 2.29. The van der Waals surface area contributed by atoms with Crippen LogP contribution in [0.3, 0.4) is 0 Å². The lowest BCUT2D eigenvalue weighted by molar-refractivity contribution is -0.141. The summed E-state index contributed by atoms with van der Waals surface area (Å²) in [5.74, 6) is -2.99. The van der Waals surface area contributed by atoms with Crippen LogP contribution in [0.5, 0.6) is 5.75 Å². The maximum absolute atomic E-state index is 13.8. The molecule has 1 aromatic carbocycles. The van der Waals surface area contributed by atoms with Gasteiger partial charge >= 0.3 is 5.97 Å². The number of benzene rings is 1. The summed E-state index contributed by atoms with van der Waals surface area (Å²) in [6.45, 7) is 1.82. The molecule has 0 aromatic heterocycles. The van der Waals surface area contributed by atoms with Crippen molar-refractivity contribution >= 4 is 11.5 Å². The van der Waals surface area contributed by atoms with Gasteiger partial charge in [0.25, 0.3) is 0 Å². The number of hydrogen-bond donors (Lipinski definition) is 0. The van der Waals surface area contributed by atoms with Crippen molar-refractivity contribution < 1.29 is 27.8 Å². The van der Waals surface area contributed by atoms with Crippen LogP contribution in [0, 0.1) is 11.6 Å². The number of carbonyl (C=O) groups excluding carboxylic acids is 1. The van der Waals surface area contributed by atoms with Crippen LogP contribution in [-0.4, -0.2) is 26.3 Å². The minimum Gasteiger partial charge on any atom is -0.493 e. The third-order valence-electron chi connectivity index (χ3n) is 3.34. The van der Waals surface area contributed by atoms with Gasteiger partial charge in [0.2, 0.25) is 11.6 Å². The highest BCUT2D eigenvalue weighted by atomic mass is 19.2. The van der Waals surface area contributed by atoms with E-state index in [0.29, 0.717) is 24.0 Å². The molecule has 0 fully saturated rings. The van der Waals surface area contributed by atoms with Crippen LogP contribution >= 0.6 is 0 Å². The van der Waals surface area contributed by atoms with E-state index in [1.807, 2.05) is 6.92 Å². The lowest BCUT2D eigenvalue weighted by atomic mass is 9.95. The zero-order valence-electron chi connectivity index (χ0n) is 12.0. The Morgan fingerprint density at radius 1 is 1.33 bits per heavy atom. The molecule has 6 heteroatoms. The molecule has 21 heavy (non-hydrogen) atoms. The van der Waals surface area contributed by atoms with Gasteiger partial charge in [-0.05, 0) is 31.9 Å². The lowest BCUT2D eigenvalue weighted by Gasteiger charge is -2.25. The van der Waals surface area contributed by atoms with Crippen molar-refractivity contribution in [3.8, 4) is 5.75 Å². The van der Waals surface area contributed by atoms with Crippen molar-refractivity contribution in [2.75, 3.05) is 14.2 Å². The summed E-state index contributed by atoms with van der Waals surface area (Å²) in [4.78, 5) is 11.8. The van der Waals surface area contributed by atoms with E-state index in [1.54, 1.807) is 0 Å². The number of esters is 1. The maximum atomic E-state index is 13.8. The van der Waals surface area contributed by atoms with Crippen molar-refractivity contribution in [2.24, 2.45) is 0 Å². The molecule has 0 bridgehead atoms. The summed E-state index contributed by atoms with van der Waals surface area (Å²) in [7, 11) is 2.48. The minimum absolute atomic E-state index is 0.0144. The van der Waals surface area contributed by atoms with Gasteiger partial charge in [-0.2, -0.15) is 4.39 Å². The summed E-state index contributed by atoms with van der Waals surface area (Å²) < 4.78 is 42.3. The Hall–Kier alpha value is -2.11. The van der Waals surface area contributed by atoms with Crippen molar-refractivity contribution in [3.05, 3.63) is 35.1 Å². The van der Waals surface area contributed by atoms with Gasteiger partial charge < -0.3 is 14.2 Å². The van der Waals surface area contributed by atoms with Crippen LogP contribution in [0.2, 0.25) is 0 Å². The molecular weight excluding hydrogens is 282 g/mol. The fraction of sp³-hybridized carbons (Fsp3) is 0.400. The first-order valence-corrected chi connectivity index (χ1v) is 6.50. The Kier molecular flexibility index (Phi) is 4.45. The summed E-state index contributed by atoms with van der Waals surface area (Å²) in [6, 6.07) is 2.36. The van der Waals surface area contributed by atoms with Crippen molar-refractivity contribution in [2.45, 2.75) is 25.9 Å². The summed E-state index contributed by atoms with van der Waals surface area (Å²) in [5, 5.41) is 0. The molecule has 114 valence electrons. The van der Waals surface area contributed by atoms with Crippen LogP contribution in [0.15, 0.2) is 17.9 Å². The first-order valence-electron chi connectivity index (χ1n) is 6.50. The van der Waals surface area contributed by atoms with E-state index in [0.717, 1.165) is 6.07 Å². The van der Waals surface area contributed by atoms with E-state index >= 15 is 0 Å². The number of allylic oxidation sites excluding steroid dienone is 1. The molecule has 1 aromatic rings. The largest absolute Gasteiger partial charge is 0.493 e. The maximum Gasteiger partial charge on any atom is 0.373 e. The number of methoxy groups -OCH3 is 2. The zero-order valence-corrected chi connectivity index (χ0v) is 12.0. The second-order valence-electron chi connectivity index (χ2n) is 4.71. The van der Waals surface area contributed by atoms with E-state index in [4.69, 9.17) is 9.47 Å². The monoisotopic (exact) mass is 298 g/mol. The van der Waals surface area contributed by atoms with Gasteiger partial charge in [-0.15, -0.1) is 0 Å². The van der Waals surface area contributed by atoms with E-state index in [9.17, 15) is 13.6 Å². The number of hydrogen-bond acceptors (Lipinski definition) is 4. The molecule has 0 N–H and O–H groups in total. The second-order valence-corrected chi connectivity index (χ2v) is 4.71. The molecule has 4 nitrogen and oxygen atoms in total. The predicted molar refractivity (Wildman–Crippen MR) is 71.6 cm³/mol. The Morgan fingerprint density at radius 2 is 2.05 bits per heavy atom. The van der Waals surface area contributed by atoms with Crippen LogP contribution < -0.4 is 4.74 Å². The van der Waals surface area contributed by atoms with Crippen molar-refractivity contribution in [1.82, 2.24) is 0 Å². The molecule has 0 saturated heterocycles. The number of carbonyl (C=O) groups is 1. The Balaban J connectivity index is 2.62. The molecule has 0 saturated carbocycles. The lowest BCUT2D eigenvalue weighted by Crippen LogP contribution is -2.21. The summed E-state index contributed by atoms with van der Waals surface area (Å²) in [6.07, 6.45) is 0.976. The highest BCUT2D eigenvalue weighted by molar-refractivity contribution is 5.96. The van der Waals surface area contributed by atoms with Crippen LogP contribution in [0.1, 0.15) is 25.3 Å². The highest BCUT2D eigenvalue weighted by Crippen LogP contribution is 2.38. The van der Waals surface area contributed by atoms with Crippen LogP contribution in [-0.2, 0) is 14.3 Å². The molecule has 1 atom stereocenters.